The summed E-state index contributed by atoms with van der Waals surface area (Å²) in [4.78, 5) is 36.4. The Bertz CT molecular complexity index is 645. The molecular formula is C18H25N3O4. The summed E-state index contributed by atoms with van der Waals surface area (Å²) in [5, 5.41) is 14.3. The Morgan fingerprint density at radius 3 is 2.60 bits per heavy atom. The Morgan fingerprint density at radius 2 is 1.96 bits per heavy atom. The second-order valence-corrected chi connectivity index (χ2v) is 6.82. The van der Waals surface area contributed by atoms with Gasteiger partial charge in [0.25, 0.3) is 0 Å². The van der Waals surface area contributed by atoms with E-state index in [1.807, 2.05) is 38.1 Å². The molecule has 0 spiro atoms. The number of amides is 3. The summed E-state index contributed by atoms with van der Waals surface area (Å²) in [5.41, 5.74) is 3.61. The Labute approximate surface area is 147 Å². The van der Waals surface area contributed by atoms with Crippen LogP contribution in [0, 0.1) is 11.8 Å². The van der Waals surface area contributed by atoms with E-state index in [9.17, 15) is 14.4 Å². The van der Waals surface area contributed by atoms with E-state index in [4.69, 9.17) is 5.21 Å². The zero-order valence-corrected chi connectivity index (χ0v) is 14.5. The van der Waals surface area contributed by atoms with Crippen molar-refractivity contribution in [3.05, 3.63) is 35.4 Å². The van der Waals surface area contributed by atoms with Crippen LogP contribution in [0.4, 0.5) is 0 Å². The predicted molar refractivity (Wildman–Crippen MR) is 91.4 cm³/mol. The van der Waals surface area contributed by atoms with Crippen LogP contribution >= 0.6 is 0 Å². The highest BCUT2D eigenvalue weighted by Gasteiger charge is 2.29. The van der Waals surface area contributed by atoms with Crippen molar-refractivity contribution in [2.24, 2.45) is 11.8 Å². The molecule has 7 heteroatoms. The van der Waals surface area contributed by atoms with Crippen LogP contribution in [0.25, 0.3) is 0 Å². The van der Waals surface area contributed by atoms with Gasteiger partial charge in [-0.05, 0) is 23.5 Å². The number of fused-ring (bicyclic) bond motifs is 1. The lowest BCUT2D eigenvalue weighted by Crippen LogP contribution is -2.49. The second-order valence-electron chi connectivity index (χ2n) is 6.82. The molecule has 0 aromatic heterocycles. The quantitative estimate of drug-likeness (QED) is 0.453. The largest absolute Gasteiger partial charge is 0.350 e. The van der Waals surface area contributed by atoms with Crippen LogP contribution in [0.3, 0.4) is 0 Å². The van der Waals surface area contributed by atoms with Crippen molar-refractivity contribution in [2.75, 3.05) is 0 Å². The molecule has 0 aliphatic carbocycles. The van der Waals surface area contributed by atoms with Gasteiger partial charge in [-0.1, -0.05) is 38.1 Å². The Morgan fingerprint density at radius 1 is 1.28 bits per heavy atom. The van der Waals surface area contributed by atoms with E-state index < -0.39 is 17.9 Å². The first-order valence-electron chi connectivity index (χ1n) is 8.48. The molecule has 1 aromatic carbocycles. The molecule has 7 nitrogen and oxygen atoms in total. The zero-order chi connectivity index (χ0) is 18.4. The lowest BCUT2D eigenvalue weighted by molar-refractivity contribution is -0.136. The molecule has 0 saturated carbocycles. The third-order valence-corrected chi connectivity index (χ3v) is 4.31. The molecular weight excluding hydrogens is 322 g/mol. The molecule has 136 valence electrons. The van der Waals surface area contributed by atoms with Gasteiger partial charge in [0, 0.05) is 25.3 Å². The third-order valence-electron chi connectivity index (χ3n) is 4.31. The van der Waals surface area contributed by atoms with E-state index >= 15 is 0 Å². The van der Waals surface area contributed by atoms with Gasteiger partial charge in [0.2, 0.25) is 17.7 Å². The van der Waals surface area contributed by atoms with Crippen molar-refractivity contribution < 1.29 is 19.6 Å². The van der Waals surface area contributed by atoms with Crippen LogP contribution in [0.5, 0.6) is 0 Å². The summed E-state index contributed by atoms with van der Waals surface area (Å²) in [6, 6.07) is 7.03. The molecule has 1 heterocycles. The van der Waals surface area contributed by atoms with Crippen LogP contribution in [0.15, 0.2) is 24.3 Å². The van der Waals surface area contributed by atoms with Gasteiger partial charge in [0.05, 0.1) is 0 Å². The maximum absolute atomic E-state index is 12.6. The minimum Gasteiger partial charge on any atom is -0.350 e. The van der Waals surface area contributed by atoms with Crippen LogP contribution in [0.1, 0.15) is 37.8 Å². The number of hydrogen-bond acceptors (Lipinski definition) is 4. The molecule has 0 fully saturated rings. The fourth-order valence-electron chi connectivity index (χ4n) is 3.07. The van der Waals surface area contributed by atoms with Crippen molar-refractivity contribution in [1.29, 1.82) is 0 Å². The highest BCUT2D eigenvalue weighted by molar-refractivity contribution is 5.91. The number of carbonyl (C=O) groups is 3. The van der Waals surface area contributed by atoms with Crippen LogP contribution in [-0.2, 0) is 27.3 Å². The number of hydrogen-bond donors (Lipinski definition) is 4. The monoisotopic (exact) mass is 347 g/mol. The van der Waals surface area contributed by atoms with Crippen LogP contribution in [-0.4, -0.2) is 29.0 Å². The molecule has 1 unspecified atom stereocenters. The maximum atomic E-state index is 12.6. The van der Waals surface area contributed by atoms with Crippen LogP contribution in [0.2, 0.25) is 0 Å². The fourth-order valence-corrected chi connectivity index (χ4v) is 3.07. The predicted octanol–water partition coefficient (Wildman–Crippen LogP) is 0.902. The maximum Gasteiger partial charge on any atom is 0.244 e. The molecule has 3 amide bonds. The van der Waals surface area contributed by atoms with Crippen molar-refractivity contribution in [3.63, 3.8) is 0 Å². The minimum atomic E-state index is -0.678. The summed E-state index contributed by atoms with van der Waals surface area (Å²) in [5.74, 6) is -1.60. The summed E-state index contributed by atoms with van der Waals surface area (Å²) in [7, 11) is 0. The van der Waals surface area contributed by atoms with Crippen molar-refractivity contribution in [3.8, 4) is 0 Å². The average molecular weight is 347 g/mol. The lowest BCUT2D eigenvalue weighted by atomic mass is 9.92. The van der Waals surface area contributed by atoms with Crippen molar-refractivity contribution in [1.82, 2.24) is 16.1 Å². The summed E-state index contributed by atoms with van der Waals surface area (Å²) in [6.45, 7) is 4.33. The van der Waals surface area contributed by atoms with Gasteiger partial charge in [0.15, 0.2) is 0 Å². The number of nitrogens with one attached hydrogen (secondary N) is 3. The molecule has 1 aliphatic heterocycles. The molecule has 1 aromatic rings. The summed E-state index contributed by atoms with van der Waals surface area (Å²) in [6.07, 6.45) is 0.782. The van der Waals surface area contributed by atoms with Gasteiger partial charge < -0.3 is 10.6 Å². The first-order valence-corrected chi connectivity index (χ1v) is 8.48. The van der Waals surface area contributed by atoms with Gasteiger partial charge in [0.1, 0.15) is 6.04 Å². The minimum absolute atomic E-state index is 0.120. The molecule has 0 bridgehead atoms. The molecule has 2 atom stereocenters. The Hall–Kier alpha value is -2.41. The van der Waals surface area contributed by atoms with Gasteiger partial charge in [-0.25, -0.2) is 5.48 Å². The summed E-state index contributed by atoms with van der Waals surface area (Å²) < 4.78 is 0. The van der Waals surface area contributed by atoms with Gasteiger partial charge >= 0.3 is 0 Å². The first kappa shape index (κ1) is 18.9. The zero-order valence-electron chi connectivity index (χ0n) is 14.5. The molecule has 1 aliphatic rings. The standard InChI is InChI=1S/C18H25N3O4/c1-11(2)7-14(9-16(22)21-25)17(23)20-15-8-12-5-3-4-6-13(12)10-19-18(15)24/h3-6,11,14-15,25H,7-10H2,1-2H3,(H,19,24)(H,20,23)(H,21,22)/t14?,15-/m0/s1. The summed E-state index contributed by atoms with van der Waals surface area (Å²) >= 11 is 0. The number of rotatable bonds is 6. The van der Waals surface area contributed by atoms with Gasteiger partial charge in [-0.3, -0.25) is 19.6 Å². The molecule has 0 radical (unpaired) electrons. The van der Waals surface area contributed by atoms with E-state index in [1.165, 1.54) is 0 Å². The van der Waals surface area contributed by atoms with E-state index in [2.05, 4.69) is 10.6 Å². The second kappa shape index (κ2) is 8.62. The average Bonchev–Trinajstić information content (AvgIpc) is 2.73. The molecule has 4 N–H and O–H groups in total. The molecule has 25 heavy (non-hydrogen) atoms. The SMILES string of the molecule is CC(C)CC(CC(=O)NO)C(=O)N[C@H]1Cc2ccccc2CNC1=O. The first-order chi connectivity index (χ1) is 11.9. The van der Waals surface area contributed by atoms with Crippen molar-refractivity contribution in [2.45, 2.75) is 45.7 Å². The highest BCUT2D eigenvalue weighted by atomic mass is 16.5. The van der Waals surface area contributed by atoms with Crippen LogP contribution < -0.4 is 16.1 Å². The highest BCUT2D eigenvalue weighted by Crippen LogP contribution is 2.18. The molecule has 2 rings (SSSR count). The number of carbonyl (C=O) groups excluding carboxylic acids is 3. The van der Waals surface area contributed by atoms with E-state index in [-0.39, 0.29) is 24.2 Å². The van der Waals surface area contributed by atoms with Gasteiger partial charge in [-0.2, -0.15) is 0 Å². The molecule has 0 saturated heterocycles. The topological polar surface area (TPSA) is 108 Å². The fraction of sp³-hybridized carbons (Fsp3) is 0.500. The number of hydroxylamine groups is 1. The third kappa shape index (κ3) is 5.29. The van der Waals surface area contributed by atoms with Gasteiger partial charge in [-0.15, -0.1) is 0 Å². The van der Waals surface area contributed by atoms with Crippen molar-refractivity contribution >= 4 is 17.7 Å². The number of benzene rings is 1. The van der Waals surface area contributed by atoms with E-state index in [0.717, 1.165) is 11.1 Å². The smallest absolute Gasteiger partial charge is 0.244 e. The lowest BCUT2D eigenvalue weighted by Gasteiger charge is -2.22. The van der Waals surface area contributed by atoms with E-state index in [1.54, 1.807) is 5.48 Å². The Kier molecular flexibility index (Phi) is 6.52. The van der Waals surface area contributed by atoms with E-state index in [0.29, 0.717) is 19.4 Å². The Balaban J connectivity index is 2.10. The normalized spacial score (nSPS) is 17.9.